The zero-order valence-corrected chi connectivity index (χ0v) is 16.2. The van der Waals surface area contributed by atoms with Crippen molar-refractivity contribution in [3.8, 4) is 11.5 Å². The minimum Gasteiger partial charge on any atom is -0.493 e. The lowest BCUT2D eigenvalue weighted by Gasteiger charge is -2.36. The van der Waals surface area contributed by atoms with E-state index in [9.17, 15) is 4.79 Å². The summed E-state index contributed by atoms with van der Waals surface area (Å²) in [6, 6.07) is 13.9. The predicted octanol–water partition coefficient (Wildman–Crippen LogP) is 3.62. The summed E-state index contributed by atoms with van der Waals surface area (Å²) in [6.45, 7) is 5.02. The molecule has 0 unspecified atom stereocenters. The number of ether oxygens (including phenoxy) is 2. The fraction of sp³-hybridized carbons (Fsp3) is 0.381. The van der Waals surface area contributed by atoms with E-state index in [1.807, 2.05) is 47.4 Å². The van der Waals surface area contributed by atoms with Crippen LogP contribution >= 0.6 is 0 Å². The molecule has 1 fully saturated rings. The first-order chi connectivity index (χ1) is 13.1. The van der Waals surface area contributed by atoms with Gasteiger partial charge in [0.15, 0.2) is 11.5 Å². The maximum atomic E-state index is 12.5. The summed E-state index contributed by atoms with van der Waals surface area (Å²) in [5.41, 5.74) is 3.17. The third-order valence-electron chi connectivity index (χ3n) is 4.91. The van der Waals surface area contributed by atoms with E-state index >= 15 is 0 Å². The molecule has 0 atom stereocenters. The molecule has 1 saturated heterocycles. The Hall–Kier alpha value is -2.89. The fourth-order valence-corrected chi connectivity index (χ4v) is 3.22. The number of methoxy groups -OCH3 is 2. The average molecular weight is 369 g/mol. The van der Waals surface area contributed by atoms with Gasteiger partial charge in [-0.05, 0) is 36.2 Å². The van der Waals surface area contributed by atoms with Crippen molar-refractivity contribution < 1.29 is 14.3 Å². The van der Waals surface area contributed by atoms with Gasteiger partial charge in [0.05, 0.1) is 14.2 Å². The smallest absolute Gasteiger partial charge is 0.321 e. The lowest BCUT2D eigenvalue weighted by atomic mass is 10.1. The highest BCUT2D eigenvalue weighted by atomic mass is 16.5. The van der Waals surface area contributed by atoms with Crippen molar-refractivity contribution in [1.29, 1.82) is 0 Å². The number of benzene rings is 2. The molecule has 3 rings (SSSR count). The zero-order valence-electron chi connectivity index (χ0n) is 16.2. The fourth-order valence-electron chi connectivity index (χ4n) is 3.22. The number of hydrogen-bond donors (Lipinski definition) is 1. The number of nitrogens with one attached hydrogen (secondary N) is 1. The molecule has 6 heteroatoms. The maximum Gasteiger partial charge on any atom is 0.321 e. The molecule has 144 valence electrons. The van der Waals surface area contributed by atoms with Gasteiger partial charge in [0, 0.05) is 43.6 Å². The molecular formula is C21H27N3O3. The molecule has 0 saturated carbocycles. The van der Waals surface area contributed by atoms with E-state index in [0.717, 1.165) is 30.9 Å². The molecule has 0 spiro atoms. The molecular weight excluding hydrogens is 342 g/mol. The van der Waals surface area contributed by atoms with E-state index in [4.69, 9.17) is 9.47 Å². The van der Waals surface area contributed by atoms with Crippen molar-refractivity contribution in [2.45, 2.75) is 13.3 Å². The lowest BCUT2D eigenvalue weighted by Crippen LogP contribution is -2.50. The van der Waals surface area contributed by atoms with Crippen molar-refractivity contribution >= 4 is 17.4 Å². The Morgan fingerprint density at radius 1 is 0.963 bits per heavy atom. The van der Waals surface area contributed by atoms with Gasteiger partial charge in [-0.2, -0.15) is 0 Å². The number of amides is 2. The number of carbonyl (C=O) groups excluding carboxylic acids is 1. The Morgan fingerprint density at radius 2 is 1.63 bits per heavy atom. The van der Waals surface area contributed by atoms with E-state index in [1.165, 1.54) is 5.56 Å². The third-order valence-corrected chi connectivity index (χ3v) is 4.91. The van der Waals surface area contributed by atoms with Crippen LogP contribution in [0.25, 0.3) is 0 Å². The first-order valence-corrected chi connectivity index (χ1v) is 9.26. The molecule has 1 aliphatic heterocycles. The molecule has 1 aliphatic rings. The number of anilines is 2. The van der Waals surface area contributed by atoms with Crippen LogP contribution < -0.4 is 19.7 Å². The van der Waals surface area contributed by atoms with Crippen molar-refractivity contribution in [2.24, 2.45) is 0 Å². The normalized spacial score (nSPS) is 14.0. The number of rotatable bonds is 5. The van der Waals surface area contributed by atoms with E-state index in [1.54, 1.807) is 14.2 Å². The van der Waals surface area contributed by atoms with Crippen LogP contribution in [0.5, 0.6) is 11.5 Å². The standard InChI is InChI=1S/C21H27N3O3/c1-4-16-5-7-17(8-6-16)22-21(25)24-13-11-23(12-14-24)18-9-10-19(26-2)20(15-18)27-3/h5-10,15H,4,11-14H2,1-3H3,(H,22,25). The van der Waals surface area contributed by atoms with E-state index in [0.29, 0.717) is 24.6 Å². The van der Waals surface area contributed by atoms with Crippen LogP contribution in [-0.4, -0.2) is 51.3 Å². The van der Waals surface area contributed by atoms with Crippen molar-refractivity contribution in [3.63, 3.8) is 0 Å². The van der Waals surface area contributed by atoms with Crippen LogP contribution in [0.3, 0.4) is 0 Å². The topological polar surface area (TPSA) is 54.0 Å². The summed E-state index contributed by atoms with van der Waals surface area (Å²) in [7, 11) is 3.27. The molecule has 1 N–H and O–H groups in total. The van der Waals surface area contributed by atoms with Crippen LogP contribution in [0.15, 0.2) is 42.5 Å². The van der Waals surface area contributed by atoms with Crippen molar-refractivity contribution in [1.82, 2.24) is 4.90 Å². The molecule has 2 aromatic carbocycles. The number of nitrogens with zero attached hydrogens (tertiary/aromatic N) is 2. The highest BCUT2D eigenvalue weighted by molar-refractivity contribution is 5.89. The van der Waals surface area contributed by atoms with Gasteiger partial charge in [0.1, 0.15) is 0 Å². The molecule has 2 amide bonds. The first-order valence-electron chi connectivity index (χ1n) is 9.26. The highest BCUT2D eigenvalue weighted by Crippen LogP contribution is 2.31. The van der Waals surface area contributed by atoms with Crippen LogP contribution in [0.4, 0.5) is 16.2 Å². The third kappa shape index (κ3) is 4.45. The monoisotopic (exact) mass is 369 g/mol. The minimum atomic E-state index is -0.0498. The van der Waals surface area contributed by atoms with Crippen LogP contribution in [0.2, 0.25) is 0 Å². The van der Waals surface area contributed by atoms with E-state index < -0.39 is 0 Å². The zero-order chi connectivity index (χ0) is 19.2. The Balaban J connectivity index is 1.57. The highest BCUT2D eigenvalue weighted by Gasteiger charge is 2.22. The molecule has 0 aliphatic carbocycles. The van der Waals surface area contributed by atoms with Gasteiger partial charge in [-0.25, -0.2) is 4.79 Å². The molecule has 27 heavy (non-hydrogen) atoms. The van der Waals surface area contributed by atoms with Crippen LogP contribution in [0, 0.1) is 0 Å². The van der Waals surface area contributed by atoms with Crippen molar-refractivity contribution in [2.75, 3.05) is 50.6 Å². The SMILES string of the molecule is CCc1ccc(NC(=O)N2CCN(c3ccc(OC)c(OC)c3)CC2)cc1. The quantitative estimate of drug-likeness (QED) is 0.875. The Morgan fingerprint density at radius 3 is 2.22 bits per heavy atom. The second kappa shape index (κ2) is 8.66. The number of urea groups is 1. The summed E-state index contributed by atoms with van der Waals surface area (Å²) in [5.74, 6) is 1.43. The minimum absolute atomic E-state index is 0.0498. The number of hydrogen-bond acceptors (Lipinski definition) is 4. The summed E-state index contributed by atoms with van der Waals surface area (Å²) in [4.78, 5) is 16.6. The van der Waals surface area contributed by atoms with Gasteiger partial charge >= 0.3 is 6.03 Å². The predicted molar refractivity (Wildman–Crippen MR) is 108 cm³/mol. The molecule has 0 radical (unpaired) electrons. The second-order valence-corrected chi connectivity index (χ2v) is 6.49. The molecule has 0 aromatic heterocycles. The van der Waals surface area contributed by atoms with Crippen LogP contribution in [0.1, 0.15) is 12.5 Å². The summed E-state index contributed by atoms with van der Waals surface area (Å²) >= 11 is 0. The van der Waals surface area contributed by atoms with E-state index in [2.05, 4.69) is 17.1 Å². The average Bonchev–Trinajstić information content (AvgIpc) is 2.73. The van der Waals surface area contributed by atoms with Crippen LogP contribution in [-0.2, 0) is 6.42 Å². The maximum absolute atomic E-state index is 12.5. The number of piperazine rings is 1. The molecule has 0 bridgehead atoms. The summed E-state index contributed by atoms with van der Waals surface area (Å²) in [6.07, 6.45) is 0.992. The Bertz CT molecular complexity index is 769. The largest absolute Gasteiger partial charge is 0.493 e. The van der Waals surface area contributed by atoms with Gasteiger partial charge < -0.3 is 24.6 Å². The van der Waals surface area contributed by atoms with Gasteiger partial charge in [-0.3, -0.25) is 0 Å². The Labute approximate surface area is 160 Å². The number of carbonyl (C=O) groups is 1. The van der Waals surface area contributed by atoms with E-state index in [-0.39, 0.29) is 6.03 Å². The summed E-state index contributed by atoms with van der Waals surface area (Å²) < 4.78 is 10.7. The second-order valence-electron chi connectivity index (χ2n) is 6.49. The molecule has 6 nitrogen and oxygen atoms in total. The Kier molecular flexibility index (Phi) is 6.06. The molecule has 2 aromatic rings. The lowest BCUT2D eigenvalue weighted by molar-refractivity contribution is 0.208. The molecule has 1 heterocycles. The van der Waals surface area contributed by atoms with Gasteiger partial charge in [-0.15, -0.1) is 0 Å². The summed E-state index contributed by atoms with van der Waals surface area (Å²) in [5, 5.41) is 2.98. The first kappa shape index (κ1) is 18.9. The van der Waals surface area contributed by atoms with Gasteiger partial charge in [0.2, 0.25) is 0 Å². The van der Waals surface area contributed by atoms with Gasteiger partial charge in [-0.1, -0.05) is 19.1 Å². The van der Waals surface area contributed by atoms with Crippen molar-refractivity contribution in [3.05, 3.63) is 48.0 Å². The number of aryl methyl sites for hydroxylation is 1. The van der Waals surface area contributed by atoms with Gasteiger partial charge in [0.25, 0.3) is 0 Å².